The van der Waals surface area contributed by atoms with Gasteiger partial charge in [-0.25, -0.2) is 9.67 Å². The maximum Gasteiger partial charge on any atom is 0.419 e. The van der Waals surface area contributed by atoms with Gasteiger partial charge in [0, 0.05) is 19.5 Å². The number of aromatic nitrogens is 6. The average molecular weight is 527 g/mol. The summed E-state index contributed by atoms with van der Waals surface area (Å²) in [6.45, 7) is 4.27. The van der Waals surface area contributed by atoms with Crippen LogP contribution in [0.3, 0.4) is 0 Å². The van der Waals surface area contributed by atoms with Crippen molar-refractivity contribution in [3.63, 3.8) is 0 Å². The number of nitrogens with zero attached hydrogens (tertiary/aromatic N) is 8. The van der Waals surface area contributed by atoms with Gasteiger partial charge < -0.3 is 9.26 Å². The van der Waals surface area contributed by atoms with Gasteiger partial charge in [0.15, 0.2) is 11.5 Å². The lowest BCUT2D eigenvalue weighted by atomic mass is 9.94. The number of pyridine rings is 1. The second kappa shape index (κ2) is 10.4. The van der Waals surface area contributed by atoms with Crippen molar-refractivity contribution < 1.29 is 22.4 Å². The molecule has 5 rings (SSSR count). The van der Waals surface area contributed by atoms with Crippen molar-refractivity contribution in [2.75, 3.05) is 19.7 Å². The van der Waals surface area contributed by atoms with Crippen LogP contribution in [0, 0.1) is 24.2 Å². The maximum atomic E-state index is 14.0. The van der Waals surface area contributed by atoms with Gasteiger partial charge >= 0.3 is 6.18 Å². The Hall–Kier alpha value is -4.05. The van der Waals surface area contributed by atoms with Gasteiger partial charge in [0.1, 0.15) is 17.3 Å². The molecule has 0 radical (unpaired) electrons. The van der Waals surface area contributed by atoms with Crippen LogP contribution in [0.1, 0.15) is 42.2 Å². The van der Waals surface area contributed by atoms with Crippen molar-refractivity contribution in [3.05, 3.63) is 47.2 Å². The van der Waals surface area contributed by atoms with Gasteiger partial charge in [-0.3, -0.25) is 4.90 Å². The molecule has 0 N–H and O–H groups in total. The monoisotopic (exact) mass is 526 g/mol. The molecule has 0 saturated carbocycles. The summed E-state index contributed by atoms with van der Waals surface area (Å²) < 4.78 is 54.0. The zero-order valence-electron chi connectivity index (χ0n) is 20.9. The van der Waals surface area contributed by atoms with Gasteiger partial charge in [-0.15, -0.1) is 5.10 Å². The molecule has 1 aliphatic heterocycles. The number of hydrogen-bond acceptors (Lipinski definition) is 9. The van der Waals surface area contributed by atoms with E-state index in [-0.39, 0.29) is 29.3 Å². The van der Waals surface area contributed by atoms with Crippen molar-refractivity contribution in [1.29, 1.82) is 5.26 Å². The number of hydrogen-bond donors (Lipinski definition) is 0. The molecule has 0 unspecified atom stereocenters. The Morgan fingerprint density at radius 2 is 1.97 bits per heavy atom. The largest absolute Gasteiger partial charge is 0.493 e. The molecule has 10 nitrogen and oxygen atoms in total. The Labute approximate surface area is 216 Å². The van der Waals surface area contributed by atoms with Crippen LogP contribution in [-0.4, -0.2) is 54.7 Å². The van der Waals surface area contributed by atoms with E-state index in [1.165, 1.54) is 16.8 Å². The number of nitriles is 1. The van der Waals surface area contributed by atoms with Crippen LogP contribution in [0.15, 0.2) is 28.8 Å². The number of likely N-dealkylation sites (tertiary alicyclic amines) is 1. The Kier molecular flexibility index (Phi) is 6.98. The lowest BCUT2D eigenvalue weighted by Gasteiger charge is -2.31. The number of benzene rings is 1. The van der Waals surface area contributed by atoms with E-state index in [9.17, 15) is 18.4 Å². The fourth-order valence-electron chi connectivity index (χ4n) is 4.67. The highest BCUT2D eigenvalue weighted by Crippen LogP contribution is 2.39. The molecular formula is C25H25F3N8O2. The smallest absolute Gasteiger partial charge is 0.419 e. The van der Waals surface area contributed by atoms with Crippen LogP contribution in [0.5, 0.6) is 5.75 Å². The van der Waals surface area contributed by atoms with Crippen LogP contribution in [0.4, 0.5) is 13.2 Å². The molecule has 0 atom stereocenters. The quantitative estimate of drug-likeness (QED) is 0.347. The molecule has 198 valence electrons. The Bertz CT molecular complexity index is 1480. The van der Waals surface area contributed by atoms with Crippen molar-refractivity contribution in [1.82, 2.24) is 35.0 Å². The van der Waals surface area contributed by atoms with Gasteiger partial charge in [-0.1, -0.05) is 10.4 Å². The number of fused-ring (bicyclic) bond motifs is 1. The number of rotatable bonds is 7. The van der Waals surface area contributed by atoms with Gasteiger partial charge in [-0.2, -0.15) is 23.4 Å². The summed E-state index contributed by atoms with van der Waals surface area (Å²) in [7, 11) is 1.64. The normalized spacial score (nSPS) is 15.2. The molecule has 0 aliphatic carbocycles. The fourth-order valence-corrected chi connectivity index (χ4v) is 4.67. The van der Waals surface area contributed by atoms with E-state index in [4.69, 9.17) is 9.26 Å². The number of piperidine rings is 1. The van der Waals surface area contributed by atoms with Gasteiger partial charge in [0.2, 0.25) is 5.89 Å². The third-order valence-electron chi connectivity index (χ3n) is 6.71. The van der Waals surface area contributed by atoms with Crippen LogP contribution < -0.4 is 4.74 Å². The first kappa shape index (κ1) is 25.6. The minimum atomic E-state index is -4.62. The van der Waals surface area contributed by atoms with Gasteiger partial charge in [-0.05, 0) is 62.5 Å². The van der Waals surface area contributed by atoms with E-state index in [0.717, 1.165) is 32.0 Å². The molecule has 1 saturated heterocycles. The average Bonchev–Trinajstić information content (AvgIpc) is 3.48. The van der Waals surface area contributed by atoms with E-state index in [1.807, 2.05) is 6.07 Å². The molecule has 0 spiro atoms. The molecular weight excluding hydrogens is 501 g/mol. The predicted molar refractivity (Wildman–Crippen MR) is 129 cm³/mol. The zero-order chi connectivity index (χ0) is 26.9. The van der Waals surface area contributed by atoms with Crippen molar-refractivity contribution in [3.8, 4) is 23.1 Å². The topological polar surface area (TPSA) is 119 Å². The number of aryl methyl sites for hydroxylation is 2. The second-order valence-electron chi connectivity index (χ2n) is 9.34. The summed E-state index contributed by atoms with van der Waals surface area (Å²) in [4.78, 5) is 10.7. The van der Waals surface area contributed by atoms with Gasteiger partial charge in [0.25, 0.3) is 0 Å². The maximum absolute atomic E-state index is 14.0. The summed E-state index contributed by atoms with van der Waals surface area (Å²) in [5.74, 6) is 1.33. The molecule has 3 aromatic heterocycles. The number of halogens is 3. The predicted octanol–water partition coefficient (Wildman–Crippen LogP) is 4.29. The first-order valence-electron chi connectivity index (χ1n) is 12.2. The molecule has 1 aliphatic rings. The third kappa shape index (κ3) is 5.45. The molecule has 4 aromatic rings. The van der Waals surface area contributed by atoms with E-state index in [0.29, 0.717) is 41.6 Å². The lowest BCUT2D eigenvalue weighted by molar-refractivity contribution is -0.138. The Balaban J connectivity index is 1.25. The minimum absolute atomic E-state index is 0.00191. The summed E-state index contributed by atoms with van der Waals surface area (Å²) in [6, 6.07) is 7.34. The Morgan fingerprint density at radius 3 is 2.66 bits per heavy atom. The standard InChI is InChI=1S/C25H25F3N8O2/c1-15-30-23(33-38-15)14-36-8-5-16(6-9-36)7-10-37-22-4-3-17(11-18(22)25(26,27)28)19-12-21-24(20(13-29)31-19)32-34-35(21)2/h3-4,11-12,16H,5-10,14H2,1-2H3. The Morgan fingerprint density at radius 1 is 1.18 bits per heavy atom. The molecule has 38 heavy (non-hydrogen) atoms. The van der Waals surface area contributed by atoms with E-state index in [2.05, 4.69) is 30.3 Å². The highest BCUT2D eigenvalue weighted by Gasteiger charge is 2.35. The van der Waals surface area contributed by atoms with Crippen molar-refractivity contribution in [2.24, 2.45) is 13.0 Å². The van der Waals surface area contributed by atoms with E-state index >= 15 is 0 Å². The highest BCUT2D eigenvalue weighted by molar-refractivity contribution is 5.83. The van der Waals surface area contributed by atoms with Crippen LogP contribution in [0.2, 0.25) is 0 Å². The molecule has 1 aromatic carbocycles. The molecule has 13 heteroatoms. The number of ether oxygens (including phenoxy) is 1. The lowest BCUT2D eigenvalue weighted by Crippen LogP contribution is -2.34. The number of alkyl halides is 3. The van der Waals surface area contributed by atoms with Crippen LogP contribution >= 0.6 is 0 Å². The molecule has 1 fully saturated rings. The summed E-state index contributed by atoms with van der Waals surface area (Å²) in [6.07, 6.45) is -2.13. The fraction of sp³-hybridized carbons (Fsp3) is 0.440. The van der Waals surface area contributed by atoms with Crippen molar-refractivity contribution in [2.45, 2.75) is 38.9 Å². The third-order valence-corrected chi connectivity index (χ3v) is 6.71. The first-order chi connectivity index (χ1) is 18.2. The molecule has 4 heterocycles. The van der Waals surface area contributed by atoms with Crippen LogP contribution in [0.25, 0.3) is 22.3 Å². The first-order valence-corrected chi connectivity index (χ1v) is 12.2. The second-order valence-corrected chi connectivity index (χ2v) is 9.34. The summed E-state index contributed by atoms with van der Waals surface area (Å²) in [5.41, 5.74) is 0.346. The van der Waals surface area contributed by atoms with Crippen molar-refractivity contribution >= 4 is 11.0 Å². The summed E-state index contributed by atoms with van der Waals surface area (Å²) >= 11 is 0. The molecule has 0 bridgehead atoms. The van der Waals surface area contributed by atoms with Gasteiger partial charge in [0.05, 0.1) is 29.9 Å². The van der Waals surface area contributed by atoms with E-state index < -0.39 is 11.7 Å². The molecule has 0 amide bonds. The SMILES string of the molecule is Cc1nc(CN2CCC(CCOc3ccc(-c4cc5c(nnn5C)c(C#N)n4)cc3C(F)(F)F)CC2)no1. The minimum Gasteiger partial charge on any atom is -0.493 e. The van der Waals surface area contributed by atoms with E-state index in [1.54, 1.807) is 20.0 Å². The summed E-state index contributed by atoms with van der Waals surface area (Å²) in [5, 5.41) is 21.1. The highest BCUT2D eigenvalue weighted by atomic mass is 19.4. The zero-order valence-corrected chi connectivity index (χ0v) is 20.9. The van der Waals surface area contributed by atoms with Crippen LogP contribution in [-0.2, 0) is 19.8 Å².